The van der Waals surface area contributed by atoms with Crippen LogP contribution in [0.1, 0.15) is 25.7 Å². The lowest BCUT2D eigenvalue weighted by atomic mass is 10.1. The van der Waals surface area contributed by atoms with E-state index in [0.717, 1.165) is 13.0 Å². The molecule has 0 spiro atoms. The van der Waals surface area contributed by atoms with Gasteiger partial charge in [-0.3, -0.25) is 9.59 Å². The van der Waals surface area contributed by atoms with Crippen LogP contribution in [0, 0.1) is 0 Å². The van der Waals surface area contributed by atoms with E-state index in [4.69, 9.17) is 10.2 Å². The topological polar surface area (TPSA) is 116 Å². The molecule has 1 fully saturated rings. The Bertz CT molecular complexity index is 312. The zero-order chi connectivity index (χ0) is 12.8. The Labute approximate surface area is 98.2 Å². The molecule has 1 aliphatic rings. The molecular formula is C10H16N2O5. The molecule has 17 heavy (non-hydrogen) atoms. The van der Waals surface area contributed by atoms with Crippen LogP contribution >= 0.6 is 0 Å². The Balaban J connectivity index is 2.44. The fourth-order valence-corrected chi connectivity index (χ4v) is 1.71. The predicted molar refractivity (Wildman–Crippen MR) is 57.5 cm³/mol. The molecule has 96 valence electrons. The quantitative estimate of drug-likeness (QED) is 0.485. The van der Waals surface area contributed by atoms with Crippen LogP contribution in [0.2, 0.25) is 0 Å². The first-order chi connectivity index (χ1) is 8.00. The van der Waals surface area contributed by atoms with Crippen molar-refractivity contribution in [1.82, 2.24) is 10.6 Å². The van der Waals surface area contributed by atoms with Crippen molar-refractivity contribution < 1.29 is 24.6 Å². The minimum atomic E-state index is -1.21. The summed E-state index contributed by atoms with van der Waals surface area (Å²) in [5.74, 6) is -2.66. The van der Waals surface area contributed by atoms with E-state index in [1.165, 1.54) is 0 Å². The molecule has 0 radical (unpaired) electrons. The number of rotatable bonds is 6. The van der Waals surface area contributed by atoms with Gasteiger partial charge in [-0.25, -0.2) is 4.79 Å². The van der Waals surface area contributed by atoms with Gasteiger partial charge in [-0.15, -0.1) is 0 Å². The zero-order valence-electron chi connectivity index (χ0n) is 9.31. The van der Waals surface area contributed by atoms with Crippen LogP contribution in [-0.2, 0) is 14.4 Å². The van der Waals surface area contributed by atoms with E-state index in [1.54, 1.807) is 0 Å². The monoisotopic (exact) mass is 244 g/mol. The summed E-state index contributed by atoms with van der Waals surface area (Å²) in [6.45, 7) is 0.741. The Morgan fingerprint density at radius 1 is 1.35 bits per heavy atom. The summed E-state index contributed by atoms with van der Waals surface area (Å²) in [7, 11) is 0. The van der Waals surface area contributed by atoms with Crippen LogP contribution in [0.5, 0.6) is 0 Å². The van der Waals surface area contributed by atoms with Crippen LogP contribution in [0.3, 0.4) is 0 Å². The SMILES string of the molecule is O=C(O)CC[C@H](NC(=O)[C@H]1CCCN1)C(=O)O. The number of hydrogen-bond donors (Lipinski definition) is 4. The smallest absolute Gasteiger partial charge is 0.326 e. The van der Waals surface area contributed by atoms with Gasteiger partial charge in [0, 0.05) is 6.42 Å². The molecule has 0 bridgehead atoms. The highest BCUT2D eigenvalue weighted by Gasteiger charge is 2.27. The summed E-state index contributed by atoms with van der Waals surface area (Å²) in [6.07, 6.45) is 1.17. The fourth-order valence-electron chi connectivity index (χ4n) is 1.71. The summed E-state index contributed by atoms with van der Waals surface area (Å²) < 4.78 is 0. The second kappa shape index (κ2) is 6.19. The van der Waals surface area contributed by atoms with Crippen LogP contribution in [-0.4, -0.2) is 46.7 Å². The van der Waals surface area contributed by atoms with Gasteiger partial charge < -0.3 is 20.8 Å². The van der Waals surface area contributed by atoms with Crippen LogP contribution in [0.25, 0.3) is 0 Å². The molecule has 0 unspecified atom stereocenters. The van der Waals surface area contributed by atoms with E-state index < -0.39 is 18.0 Å². The van der Waals surface area contributed by atoms with Crippen molar-refractivity contribution >= 4 is 17.8 Å². The van der Waals surface area contributed by atoms with Gasteiger partial charge in [0.25, 0.3) is 0 Å². The number of aliphatic carboxylic acids is 2. The Hall–Kier alpha value is -1.63. The predicted octanol–water partition coefficient (Wildman–Crippen LogP) is -0.827. The molecule has 1 aliphatic heterocycles. The first-order valence-electron chi connectivity index (χ1n) is 5.49. The third-order valence-electron chi connectivity index (χ3n) is 2.64. The number of carbonyl (C=O) groups is 3. The third-order valence-corrected chi connectivity index (χ3v) is 2.64. The Morgan fingerprint density at radius 2 is 2.06 bits per heavy atom. The molecule has 0 aromatic carbocycles. The van der Waals surface area contributed by atoms with Crippen molar-refractivity contribution in [2.45, 2.75) is 37.8 Å². The maximum absolute atomic E-state index is 11.6. The summed E-state index contributed by atoms with van der Waals surface area (Å²) in [5.41, 5.74) is 0. The molecule has 1 heterocycles. The molecular weight excluding hydrogens is 228 g/mol. The van der Waals surface area contributed by atoms with Crippen LogP contribution in [0.4, 0.5) is 0 Å². The molecule has 0 aromatic heterocycles. The van der Waals surface area contributed by atoms with E-state index in [2.05, 4.69) is 10.6 Å². The minimum Gasteiger partial charge on any atom is -0.481 e. The number of nitrogens with one attached hydrogen (secondary N) is 2. The van der Waals surface area contributed by atoms with Gasteiger partial charge in [-0.1, -0.05) is 0 Å². The second-order valence-corrected chi connectivity index (χ2v) is 3.98. The van der Waals surface area contributed by atoms with Gasteiger partial charge in [-0.05, 0) is 25.8 Å². The van der Waals surface area contributed by atoms with Gasteiger partial charge in [0.1, 0.15) is 6.04 Å². The summed E-state index contributed by atoms with van der Waals surface area (Å²) in [5, 5.41) is 22.6. The van der Waals surface area contributed by atoms with E-state index >= 15 is 0 Å². The second-order valence-electron chi connectivity index (χ2n) is 3.98. The largest absolute Gasteiger partial charge is 0.481 e. The molecule has 2 atom stereocenters. The molecule has 0 aromatic rings. The molecule has 1 saturated heterocycles. The maximum Gasteiger partial charge on any atom is 0.326 e. The number of carbonyl (C=O) groups excluding carboxylic acids is 1. The Kier molecular flexibility index (Phi) is 4.89. The normalized spacial score (nSPS) is 20.8. The summed E-state index contributed by atoms with van der Waals surface area (Å²) >= 11 is 0. The van der Waals surface area contributed by atoms with Crippen molar-refractivity contribution in [2.24, 2.45) is 0 Å². The van der Waals surface area contributed by atoms with Gasteiger partial charge >= 0.3 is 11.9 Å². The molecule has 7 nitrogen and oxygen atoms in total. The van der Waals surface area contributed by atoms with Crippen molar-refractivity contribution in [3.05, 3.63) is 0 Å². The van der Waals surface area contributed by atoms with E-state index in [0.29, 0.717) is 6.42 Å². The number of amides is 1. The lowest BCUT2D eigenvalue weighted by molar-refractivity contribution is -0.143. The highest BCUT2D eigenvalue weighted by atomic mass is 16.4. The molecule has 7 heteroatoms. The van der Waals surface area contributed by atoms with Gasteiger partial charge in [0.05, 0.1) is 6.04 Å². The lowest BCUT2D eigenvalue weighted by Crippen LogP contribution is -2.48. The Morgan fingerprint density at radius 3 is 2.53 bits per heavy atom. The van der Waals surface area contributed by atoms with Crippen LogP contribution < -0.4 is 10.6 Å². The number of carboxylic acid groups (broad SMARTS) is 2. The van der Waals surface area contributed by atoms with E-state index in [1.807, 2.05) is 0 Å². The van der Waals surface area contributed by atoms with Gasteiger partial charge in [0.2, 0.25) is 5.91 Å². The first-order valence-corrected chi connectivity index (χ1v) is 5.49. The highest BCUT2D eigenvalue weighted by Crippen LogP contribution is 2.06. The number of carboxylic acids is 2. The molecule has 1 amide bonds. The number of hydrogen-bond acceptors (Lipinski definition) is 4. The maximum atomic E-state index is 11.6. The van der Waals surface area contributed by atoms with Gasteiger partial charge in [-0.2, -0.15) is 0 Å². The third kappa shape index (κ3) is 4.39. The lowest BCUT2D eigenvalue weighted by Gasteiger charge is -2.16. The minimum absolute atomic E-state index is 0.108. The average Bonchev–Trinajstić information content (AvgIpc) is 2.76. The van der Waals surface area contributed by atoms with E-state index in [-0.39, 0.29) is 24.8 Å². The fraction of sp³-hybridized carbons (Fsp3) is 0.700. The van der Waals surface area contributed by atoms with E-state index in [9.17, 15) is 14.4 Å². The average molecular weight is 244 g/mol. The molecule has 0 saturated carbocycles. The van der Waals surface area contributed by atoms with Crippen molar-refractivity contribution in [3.8, 4) is 0 Å². The van der Waals surface area contributed by atoms with Crippen molar-refractivity contribution in [1.29, 1.82) is 0 Å². The first kappa shape index (κ1) is 13.4. The van der Waals surface area contributed by atoms with Gasteiger partial charge in [0.15, 0.2) is 0 Å². The van der Waals surface area contributed by atoms with Crippen molar-refractivity contribution in [2.75, 3.05) is 6.54 Å². The summed E-state index contributed by atoms with van der Waals surface area (Å²) in [4.78, 5) is 32.8. The van der Waals surface area contributed by atoms with Crippen LogP contribution in [0.15, 0.2) is 0 Å². The summed E-state index contributed by atoms with van der Waals surface area (Å²) in [6, 6.07) is -1.50. The highest BCUT2D eigenvalue weighted by molar-refractivity contribution is 5.87. The zero-order valence-corrected chi connectivity index (χ0v) is 9.31. The van der Waals surface area contributed by atoms with Crippen molar-refractivity contribution in [3.63, 3.8) is 0 Å². The molecule has 4 N–H and O–H groups in total. The standard InChI is InChI=1S/C10H16N2O5/c13-8(14)4-3-7(10(16)17)12-9(15)6-2-1-5-11-6/h6-7,11H,1-5H2,(H,12,15)(H,13,14)(H,16,17)/t6-,7+/m1/s1. The molecule has 0 aliphatic carbocycles. The molecule has 1 rings (SSSR count).